The van der Waals surface area contributed by atoms with Crippen LogP contribution in [0.1, 0.15) is 47.6 Å². The molecule has 0 aliphatic carbocycles. The zero-order valence-corrected chi connectivity index (χ0v) is 28.9. The molecule has 0 unspecified atom stereocenters. The number of hydrogen-bond acceptors (Lipinski definition) is 5. The van der Waals surface area contributed by atoms with E-state index in [1.165, 1.54) is 0 Å². The summed E-state index contributed by atoms with van der Waals surface area (Å²) in [7, 11) is 0. The molecule has 0 saturated carbocycles. The van der Waals surface area contributed by atoms with Crippen LogP contribution in [0.15, 0.2) is 145 Å². The van der Waals surface area contributed by atoms with Crippen molar-refractivity contribution in [1.82, 2.24) is 4.90 Å². The number of benzene rings is 5. The predicted molar refractivity (Wildman–Crippen MR) is 193 cm³/mol. The van der Waals surface area contributed by atoms with Crippen LogP contribution < -0.4 is 4.74 Å². The number of rotatable bonds is 13. The van der Waals surface area contributed by atoms with Gasteiger partial charge in [0.25, 0.3) is 0 Å². The molecule has 0 bridgehead atoms. The first-order valence-electron chi connectivity index (χ1n) is 16.7. The molecule has 2 atom stereocenters. The van der Waals surface area contributed by atoms with Crippen LogP contribution in [-0.4, -0.2) is 45.7 Å². The van der Waals surface area contributed by atoms with Crippen molar-refractivity contribution in [3.8, 4) is 5.75 Å². The third-order valence-corrected chi connectivity index (χ3v) is 8.85. The van der Waals surface area contributed by atoms with E-state index in [2.05, 4.69) is 22.3 Å². The van der Waals surface area contributed by atoms with Crippen LogP contribution in [0.25, 0.3) is 5.32 Å². The number of carbonyl (C=O) groups is 2. The molecule has 6 rings (SSSR count). The van der Waals surface area contributed by atoms with Crippen molar-refractivity contribution >= 4 is 23.3 Å². The van der Waals surface area contributed by atoms with Crippen LogP contribution in [0, 0.1) is 0 Å². The molecule has 7 nitrogen and oxygen atoms in total. The first-order chi connectivity index (χ1) is 23.9. The second-order valence-electron chi connectivity index (χ2n) is 12.6. The molecule has 5 aromatic rings. The summed E-state index contributed by atoms with van der Waals surface area (Å²) in [6.45, 7) is 3.58. The zero-order valence-electron chi connectivity index (χ0n) is 27.9. The Balaban J connectivity index is 0.00000486. The van der Waals surface area contributed by atoms with Gasteiger partial charge in [-0.1, -0.05) is 127 Å². The molecule has 1 aliphatic rings. The number of likely N-dealkylation sites (tertiary alicyclic amines) is 1. The molecule has 5 aromatic carbocycles. The normalized spacial score (nSPS) is 15.8. The molecule has 1 N–H and O–H groups in total. The number of amides is 1. The third kappa shape index (κ3) is 9.14. The van der Waals surface area contributed by atoms with Gasteiger partial charge >= 0.3 is 5.97 Å². The number of ether oxygens (including phenoxy) is 1. The summed E-state index contributed by atoms with van der Waals surface area (Å²) in [4.78, 5) is 33.9. The largest absolute Gasteiger partial charge is 0.625 e. The second-order valence-corrected chi connectivity index (χ2v) is 12.6. The SMILES string of the molecule is C[C@@](Cc1ccc(OCc2ccccc2)cc1)(N=C(c1ccccc1)c1ccccc1[N-]C(=O)[C@@H]1CCCN1Cc1ccccc1)C(=O)O.[Ni]. The van der Waals surface area contributed by atoms with Crippen LogP contribution >= 0.6 is 0 Å². The standard InChI is InChI=1S/C42H41N3O4.Ni/c1-42(41(47)48,28-31-23-25-35(26-24-31)49-30-33-16-7-3-8-17-33)44-39(34-18-9-4-10-19-34)36-20-11-12-21-37(36)43-40(46)38-22-13-27-45(38)29-32-14-5-2-6-15-32;/h2-12,14-21,23-26,38H,13,22,27-30H2,1H3,(H2,43,44,46,47,48);/p-1/t38-,42-;/m0./s1. The van der Waals surface area contributed by atoms with Crippen molar-refractivity contribution in [3.63, 3.8) is 0 Å². The average Bonchev–Trinajstić information content (AvgIpc) is 3.60. The van der Waals surface area contributed by atoms with Crippen molar-refractivity contribution in [3.05, 3.63) is 173 Å². The van der Waals surface area contributed by atoms with E-state index in [9.17, 15) is 14.7 Å². The van der Waals surface area contributed by atoms with Crippen LogP contribution in [0.4, 0.5) is 5.69 Å². The number of carboxylic acids is 1. The first kappa shape index (κ1) is 36.2. The summed E-state index contributed by atoms with van der Waals surface area (Å²) in [5.74, 6) is -0.565. The van der Waals surface area contributed by atoms with Gasteiger partial charge in [0, 0.05) is 35.0 Å². The first-order valence-corrected chi connectivity index (χ1v) is 16.7. The molecule has 1 heterocycles. The fourth-order valence-corrected chi connectivity index (χ4v) is 6.21. The Kier molecular flexibility index (Phi) is 12.4. The number of hydrogen-bond donors (Lipinski definition) is 1. The van der Waals surface area contributed by atoms with E-state index in [-0.39, 0.29) is 34.9 Å². The van der Waals surface area contributed by atoms with Gasteiger partial charge in [-0.2, -0.15) is 0 Å². The van der Waals surface area contributed by atoms with E-state index >= 15 is 0 Å². The van der Waals surface area contributed by atoms with E-state index in [1.807, 2.05) is 121 Å². The minimum absolute atomic E-state index is 0. The van der Waals surface area contributed by atoms with Gasteiger partial charge in [0.15, 0.2) is 5.54 Å². The summed E-state index contributed by atoms with van der Waals surface area (Å²) < 4.78 is 5.94. The van der Waals surface area contributed by atoms with Crippen molar-refractivity contribution in [2.75, 3.05) is 6.54 Å². The number of para-hydroxylation sites is 1. The molecule has 1 fully saturated rings. The van der Waals surface area contributed by atoms with Gasteiger partial charge in [0.1, 0.15) is 12.4 Å². The molecule has 0 aromatic heterocycles. The van der Waals surface area contributed by atoms with Gasteiger partial charge in [0.2, 0.25) is 0 Å². The summed E-state index contributed by atoms with van der Waals surface area (Å²) in [6, 6.07) is 44.1. The van der Waals surface area contributed by atoms with Crippen LogP contribution in [0.2, 0.25) is 0 Å². The molecule has 1 amide bonds. The maximum absolute atomic E-state index is 13.8. The topological polar surface area (TPSA) is 93.3 Å². The Hall–Kier alpha value is -5.04. The van der Waals surface area contributed by atoms with Crippen LogP contribution in [0.5, 0.6) is 5.75 Å². The van der Waals surface area contributed by atoms with E-state index in [0.717, 1.165) is 41.6 Å². The molecule has 258 valence electrons. The summed E-state index contributed by atoms with van der Waals surface area (Å²) in [5.41, 5.74) is 3.78. The van der Waals surface area contributed by atoms with Crippen molar-refractivity contribution in [2.24, 2.45) is 4.99 Å². The summed E-state index contributed by atoms with van der Waals surface area (Å²) in [5, 5.41) is 15.3. The van der Waals surface area contributed by atoms with E-state index in [1.54, 1.807) is 13.0 Å². The fraction of sp³-hybridized carbons (Fsp3) is 0.214. The molecular formula is C42H40N3NiO4-. The minimum atomic E-state index is -1.52. The van der Waals surface area contributed by atoms with Crippen LogP contribution in [0.3, 0.4) is 0 Å². The van der Waals surface area contributed by atoms with Gasteiger partial charge in [-0.3, -0.25) is 9.89 Å². The molecule has 1 aliphatic heterocycles. The second kappa shape index (κ2) is 17.1. The number of carbonyl (C=O) groups excluding carboxylic acids is 1. The Bertz CT molecular complexity index is 1890. The number of nitrogens with zero attached hydrogens (tertiary/aromatic N) is 3. The predicted octanol–water partition coefficient (Wildman–Crippen LogP) is 8.38. The van der Waals surface area contributed by atoms with Crippen LogP contribution in [-0.2, 0) is 45.7 Å². The van der Waals surface area contributed by atoms with E-state index in [0.29, 0.717) is 35.9 Å². The molecule has 8 heteroatoms. The number of aliphatic carboxylic acids is 1. The van der Waals surface area contributed by atoms with Gasteiger partial charge < -0.3 is 20.0 Å². The van der Waals surface area contributed by atoms with Gasteiger partial charge in [-0.05, 0) is 60.7 Å². The zero-order chi connectivity index (χ0) is 34.1. The maximum Gasteiger partial charge on any atom is 0.331 e. The number of carboxylic acid groups (broad SMARTS) is 1. The Morgan fingerprint density at radius 1 is 0.800 bits per heavy atom. The van der Waals surface area contributed by atoms with Crippen molar-refractivity contribution < 1.29 is 35.9 Å². The third-order valence-electron chi connectivity index (χ3n) is 8.85. The van der Waals surface area contributed by atoms with E-state index in [4.69, 9.17) is 9.73 Å². The van der Waals surface area contributed by atoms with Gasteiger partial charge in [-0.25, -0.2) is 4.79 Å². The average molecular weight is 709 g/mol. The van der Waals surface area contributed by atoms with Gasteiger partial charge in [0.05, 0.1) is 17.7 Å². The monoisotopic (exact) mass is 708 g/mol. The van der Waals surface area contributed by atoms with Crippen molar-refractivity contribution in [2.45, 2.75) is 50.9 Å². The smallest absolute Gasteiger partial charge is 0.331 e. The molecule has 0 radical (unpaired) electrons. The number of aliphatic imine (C=N–C) groups is 1. The summed E-state index contributed by atoms with van der Waals surface area (Å²) >= 11 is 0. The molecule has 1 saturated heterocycles. The quantitative estimate of drug-likeness (QED) is 0.0980. The van der Waals surface area contributed by atoms with Crippen molar-refractivity contribution in [1.29, 1.82) is 0 Å². The minimum Gasteiger partial charge on any atom is -0.625 e. The Morgan fingerprint density at radius 3 is 2.06 bits per heavy atom. The molecule has 50 heavy (non-hydrogen) atoms. The summed E-state index contributed by atoms with van der Waals surface area (Å²) in [6.07, 6.45) is 1.81. The fourth-order valence-electron chi connectivity index (χ4n) is 6.21. The van der Waals surface area contributed by atoms with E-state index < -0.39 is 11.5 Å². The molecular weight excluding hydrogens is 669 g/mol. The van der Waals surface area contributed by atoms with Gasteiger partial charge in [-0.15, -0.1) is 5.69 Å². The molecule has 0 spiro atoms. The Labute approximate surface area is 304 Å². The maximum atomic E-state index is 13.8. The Morgan fingerprint density at radius 2 is 1.40 bits per heavy atom.